The minimum absolute atomic E-state index is 0.0804. The second-order valence-electron chi connectivity index (χ2n) is 5.96. The summed E-state index contributed by atoms with van der Waals surface area (Å²) in [7, 11) is 3.69. The lowest BCUT2D eigenvalue weighted by Crippen LogP contribution is -2.49. The number of piperazine rings is 1. The largest absolute Gasteiger partial charge is 0.355 e. The predicted octanol–water partition coefficient (Wildman–Crippen LogP) is 2.24. The van der Waals surface area contributed by atoms with Gasteiger partial charge in [0.2, 0.25) is 0 Å². The van der Waals surface area contributed by atoms with E-state index in [1.807, 2.05) is 39.9 Å². The lowest BCUT2D eigenvalue weighted by Gasteiger charge is -2.39. The molecule has 1 saturated heterocycles. The Morgan fingerprint density at radius 3 is 2.75 bits per heavy atom. The van der Waals surface area contributed by atoms with Gasteiger partial charge in [0.15, 0.2) is 0 Å². The topological polar surface area (TPSA) is 52.7 Å². The lowest BCUT2D eigenvalue weighted by molar-refractivity contribution is 0.0546. The number of nitrogens with zero attached hydrogens (tertiary/aromatic N) is 2. The highest BCUT2D eigenvalue weighted by Crippen LogP contribution is 2.26. The van der Waals surface area contributed by atoms with Crippen LogP contribution < -0.4 is 5.32 Å². The Labute approximate surface area is 145 Å². The van der Waals surface area contributed by atoms with Gasteiger partial charge < -0.3 is 10.2 Å². The molecular formula is C18H21N3O2S. The molecule has 1 N–H and O–H groups in total. The van der Waals surface area contributed by atoms with Crippen molar-refractivity contribution in [2.45, 2.75) is 6.04 Å². The summed E-state index contributed by atoms with van der Waals surface area (Å²) in [4.78, 5) is 28.6. The molecule has 6 heteroatoms. The molecule has 5 nitrogen and oxygen atoms in total. The van der Waals surface area contributed by atoms with Gasteiger partial charge in [-0.2, -0.15) is 11.3 Å². The first-order valence-corrected chi connectivity index (χ1v) is 8.88. The third-order valence-electron chi connectivity index (χ3n) is 4.46. The smallest absolute Gasteiger partial charge is 0.254 e. The van der Waals surface area contributed by atoms with Crippen LogP contribution in [0.15, 0.2) is 41.1 Å². The number of hydrogen-bond donors (Lipinski definition) is 1. The third kappa shape index (κ3) is 3.34. The fourth-order valence-corrected chi connectivity index (χ4v) is 3.65. The van der Waals surface area contributed by atoms with Gasteiger partial charge in [0.05, 0.1) is 11.6 Å². The lowest BCUT2D eigenvalue weighted by atomic mass is 10.00. The highest BCUT2D eigenvalue weighted by Gasteiger charge is 2.29. The summed E-state index contributed by atoms with van der Waals surface area (Å²) in [5.74, 6) is -0.0154. The maximum atomic E-state index is 12.6. The number of likely N-dealkylation sites (N-methyl/N-ethyl adjacent to an activating group) is 1. The Hall–Kier alpha value is -2.18. The van der Waals surface area contributed by atoms with Crippen molar-refractivity contribution in [3.63, 3.8) is 0 Å². The number of nitrogens with one attached hydrogen (secondary N) is 1. The average Bonchev–Trinajstić information content (AvgIpc) is 3.15. The van der Waals surface area contributed by atoms with Crippen LogP contribution in [0.3, 0.4) is 0 Å². The van der Waals surface area contributed by atoms with E-state index in [1.54, 1.807) is 13.1 Å². The SMILES string of the molecule is CNC(=O)c1cccc([C@H]2CN(C(=O)c3ccsc3)CCN2C)c1. The molecule has 0 unspecified atom stereocenters. The first-order chi connectivity index (χ1) is 11.6. The van der Waals surface area contributed by atoms with Crippen molar-refractivity contribution in [2.75, 3.05) is 33.7 Å². The standard InChI is InChI=1S/C18H21N3O2S/c1-19-17(22)14-5-3-4-13(10-14)16-11-21(8-7-20(16)2)18(23)15-6-9-24-12-15/h3-6,9-10,12,16H,7-8,11H2,1-2H3,(H,19,22)/t16-/m1/s1. The van der Waals surface area contributed by atoms with Crippen LogP contribution in [-0.2, 0) is 0 Å². The fourth-order valence-electron chi connectivity index (χ4n) is 3.02. The van der Waals surface area contributed by atoms with Crippen LogP contribution in [0.2, 0.25) is 0 Å². The van der Waals surface area contributed by atoms with Crippen molar-refractivity contribution in [3.8, 4) is 0 Å². The second kappa shape index (κ2) is 7.15. The van der Waals surface area contributed by atoms with Crippen molar-refractivity contribution in [2.24, 2.45) is 0 Å². The minimum atomic E-state index is -0.0958. The molecule has 1 aromatic carbocycles. The summed E-state index contributed by atoms with van der Waals surface area (Å²) in [5.41, 5.74) is 2.45. The molecule has 126 valence electrons. The van der Waals surface area contributed by atoms with E-state index >= 15 is 0 Å². The van der Waals surface area contributed by atoms with Crippen LogP contribution in [-0.4, -0.2) is 55.3 Å². The number of thiophene rings is 1. The monoisotopic (exact) mass is 343 g/mol. The summed E-state index contributed by atoms with van der Waals surface area (Å²) in [5, 5.41) is 6.47. The summed E-state index contributed by atoms with van der Waals surface area (Å²) in [6.07, 6.45) is 0. The van der Waals surface area contributed by atoms with Crippen LogP contribution in [0.1, 0.15) is 32.3 Å². The normalized spacial score (nSPS) is 18.4. The molecule has 0 aliphatic carbocycles. The van der Waals surface area contributed by atoms with Crippen molar-refractivity contribution in [1.82, 2.24) is 15.1 Å². The third-order valence-corrected chi connectivity index (χ3v) is 5.15. The highest BCUT2D eigenvalue weighted by atomic mass is 32.1. The first kappa shape index (κ1) is 16.7. The van der Waals surface area contributed by atoms with Crippen LogP contribution >= 0.6 is 11.3 Å². The Kier molecular flexibility index (Phi) is 4.97. The molecule has 1 fully saturated rings. The van der Waals surface area contributed by atoms with Crippen molar-refractivity contribution < 1.29 is 9.59 Å². The van der Waals surface area contributed by atoms with Gasteiger partial charge in [-0.3, -0.25) is 14.5 Å². The second-order valence-corrected chi connectivity index (χ2v) is 6.74. The predicted molar refractivity (Wildman–Crippen MR) is 95.4 cm³/mol. The van der Waals surface area contributed by atoms with Crippen LogP contribution in [0, 0.1) is 0 Å². The molecule has 0 saturated carbocycles. The zero-order chi connectivity index (χ0) is 17.1. The van der Waals surface area contributed by atoms with Crippen molar-refractivity contribution >= 4 is 23.2 Å². The van der Waals surface area contributed by atoms with Gasteiger partial charge in [-0.1, -0.05) is 12.1 Å². The molecule has 24 heavy (non-hydrogen) atoms. The number of carbonyl (C=O) groups excluding carboxylic acids is 2. The molecule has 1 aromatic heterocycles. The maximum Gasteiger partial charge on any atom is 0.254 e. The van der Waals surface area contributed by atoms with Crippen molar-refractivity contribution in [1.29, 1.82) is 0 Å². The molecule has 2 amide bonds. The molecule has 2 heterocycles. The van der Waals surface area contributed by atoms with Gasteiger partial charge in [0, 0.05) is 37.6 Å². The average molecular weight is 343 g/mol. The molecule has 1 aliphatic heterocycles. The highest BCUT2D eigenvalue weighted by molar-refractivity contribution is 7.08. The number of amides is 2. The molecule has 0 spiro atoms. The van der Waals surface area contributed by atoms with Crippen LogP contribution in [0.25, 0.3) is 0 Å². The van der Waals surface area contributed by atoms with Gasteiger partial charge in [-0.15, -0.1) is 0 Å². The van der Waals surface area contributed by atoms with E-state index in [4.69, 9.17) is 0 Å². The Balaban J connectivity index is 1.81. The Bertz CT molecular complexity index is 730. The van der Waals surface area contributed by atoms with E-state index in [0.717, 1.165) is 24.2 Å². The van der Waals surface area contributed by atoms with Gasteiger partial charge in [-0.25, -0.2) is 0 Å². The maximum absolute atomic E-state index is 12.6. The van der Waals surface area contributed by atoms with E-state index in [9.17, 15) is 9.59 Å². The molecule has 3 rings (SSSR count). The molecule has 2 aromatic rings. The van der Waals surface area contributed by atoms with Gasteiger partial charge >= 0.3 is 0 Å². The van der Waals surface area contributed by atoms with E-state index in [1.165, 1.54) is 11.3 Å². The molecule has 0 radical (unpaired) electrons. The van der Waals surface area contributed by atoms with Gasteiger partial charge in [-0.05, 0) is 36.2 Å². The summed E-state index contributed by atoms with van der Waals surface area (Å²) in [6, 6.07) is 9.59. The number of hydrogen-bond acceptors (Lipinski definition) is 4. The Morgan fingerprint density at radius 2 is 2.04 bits per heavy atom. The van der Waals surface area contributed by atoms with E-state index < -0.39 is 0 Å². The number of benzene rings is 1. The zero-order valence-corrected chi connectivity index (χ0v) is 14.7. The first-order valence-electron chi connectivity index (χ1n) is 7.94. The fraction of sp³-hybridized carbons (Fsp3) is 0.333. The quantitative estimate of drug-likeness (QED) is 0.930. The summed E-state index contributed by atoms with van der Waals surface area (Å²) < 4.78 is 0. The van der Waals surface area contributed by atoms with E-state index in [2.05, 4.69) is 17.3 Å². The molecule has 0 bridgehead atoms. The minimum Gasteiger partial charge on any atom is -0.355 e. The van der Waals surface area contributed by atoms with Crippen LogP contribution in [0.4, 0.5) is 0 Å². The van der Waals surface area contributed by atoms with E-state index in [-0.39, 0.29) is 17.9 Å². The number of rotatable bonds is 3. The van der Waals surface area contributed by atoms with E-state index in [0.29, 0.717) is 12.1 Å². The number of carbonyl (C=O) groups is 2. The van der Waals surface area contributed by atoms with Gasteiger partial charge in [0.1, 0.15) is 0 Å². The summed E-state index contributed by atoms with van der Waals surface area (Å²) in [6.45, 7) is 2.16. The molecule has 1 aliphatic rings. The van der Waals surface area contributed by atoms with Crippen molar-refractivity contribution in [3.05, 3.63) is 57.8 Å². The summed E-state index contributed by atoms with van der Waals surface area (Å²) >= 11 is 1.53. The zero-order valence-electron chi connectivity index (χ0n) is 13.9. The van der Waals surface area contributed by atoms with Gasteiger partial charge in [0.25, 0.3) is 11.8 Å². The van der Waals surface area contributed by atoms with Crippen LogP contribution in [0.5, 0.6) is 0 Å². The molecule has 1 atom stereocenters. The Morgan fingerprint density at radius 1 is 1.21 bits per heavy atom. The molecular weight excluding hydrogens is 322 g/mol.